The molecule has 0 atom stereocenters. The Balaban J connectivity index is 2.36. The van der Waals surface area contributed by atoms with Crippen molar-refractivity contribution in [2.24, 2.45) is 0 Å². The second kappa shape index (κ2) is 3.73. The Morgan fingerprint density at radius 2 is 2.33 bits per heavy atom. The Morgan fingerprint density at radius 1 is 1.53 bits per heavy atom. The van der Waals surface area contributed by atoms with Gasteiger partial charge in [-0.1, -0.05) is 18.2 Å². The minimum Gasteiger partial charge on any atom is -0.469 e. The molecule has 1 aliphatic rings. The van der Waals surface area contributed by atoms with Gasteiger partial charge in [-0.15, -0.1) is 0 Å². The number of fused-ring (bicyclic) bond motifs is 1. The quantitative estimate of drug-likeness (QED) is 0.679. The number of methoxy groups -OCH3 is 1. The molecule has 1 aromatic carbocycles. The fourth-order valence-corrected chi connectivity index (χ4v) is 1.63. The number of cyclic esters (lactones) is 1. The summed E-state index contributed by atoms with van der Waals surface area (Å²) >= 11 is 0. The van der Waals surface area contributed by atoms with Gasteiger partial charge in [-0.3, -0.25) is 4.79 Å². The molecule has 0 bridgehead atoms. The molecular weight excluding hydrogens is 196 g/mol. The van der Waals surface area contributed by atoms with E-state index in [0.29, 0.717) is 17.7 Å². The molecule has 0 saturated heterocycles. The molecule has 4 nitrogen and oxygen atoms in total. The SMILES string of the molecule is COC(=O)Cc1cccc2c1C(=O)OC2. The normalized spacial score (nSPS) is 13.3. The highest BCUT2D eigenvalue weighted by Crippen LogP contribution is 2.23. The minimum atomic E-state index is -0.358. The Kier molecular flexibility index (Phi) is 2.41. The van der Waals surface area contributed by atoms with E-state index in [9.17, 15) is 9.59 Å². The Hall–Kier alpha value is -1.84. The lowest BCUT2D eigenvalue weighted by atomic mass is 10.0. The highest BCUT2D eigenvalue weighted by molar-refractivity contribution is 5.96. The van der Waals surface area contributed by atoms with Gasteiger partial charge in [0.2, 0.25) is 0 Å². The van der Waals surface area contributed by atoms with Crippen molar-refractivity contribution in [1.29, 1.82) is 0 Å². The van der Waals surface area contributed by atoms with Crippen LogP contribution in [-0.2, 0) is 27.3 Å². The Bertz CT molecular complexity index is 423. The third kappa shape index (κ3) is 1.70. The van der Waals surface area contributed by atoms with Crippen LogP contribution >= 0.6 is 0 Å². The molecule has 1 aliphatic heterocycles. The van der Waals surface area contributed by atoms with E-state index in [1.807, 2.05) is 6.07 Å². The molecule has 0 fully saturated rings. The van der Waals surface area contributed by atoms with E-state index >= 15 is 0 Å². The molecule has 0 unspecified atom stereocenters. The van der Waals surface area contributed by atoms with Gasteiger partial charge in [0.05, 0.1) is 19.1 Å². The van der Waals surface area contributed by atoms with Crippen LogP contribution in [0.4, 0.5) is 0 Å². The van der Waals surface area contributed by atoms with Crippen LogP contribution < -0.4 is 0 Å². The second-order valence-corrected chi connectivity index (χ2v) is 3.28. The van der Waals surface area contributed by atoms with Crippen LogP contribution in [0.15, 0.2) is 18.2 Å². The van der Waals surface area contributed by atoms with Crippen molar-refractivity contribution < 1.29 is 19.1 Å². The lowest BCUT2D eigenvalue weighted by Crippen LogP contribution is -2.08. The van der Waals surface area contributed by atoms with Crippen molar-refractivity contribution in [3.63, 3.8) is 0 Å². The average Bonchev–Trinajstić information content (AvgIpc) is 2.61. The van der Waals surface area contributed by atoms with Crippen LogP contribution in [0, 0.1) is 0 Å². The van der Waals surface area contributed by atoms with Crippen LogP contribution in [0.1, 0.15) is 21.5 Å². The summed E-state index contributed by atoms with van der Waals surface area (Å²) in [4.78, 5) is 22.5. The van der Waals surface area contributed by atoms with Crippen molar-refractivity contribution in [3.05, 3.63) is 34.9 Å². The lowest BCUT2D eigenvalue weighted by molar-refractivity contribution is -0.139. The minimum absolute atomic E-state index is 0.106. The molecule has 0 aromatic heterocycles. The summed E-state index contributed by atoms with van der Waals surface area (Å²) in [7, 11) is 1.32. The average molecular weight is 206 g/mol. The molecule has 0 radical (unpaired) electrons. The number of carbonyl (C=O) groups excluding carboxylic acids is 2. The second-order valence-electron chi connectivity index (χ2n) is 3.28. The number of carbonyl (C=O) groups is 2. The van der Waals surface area contributed by atoms with Crippen molar-refractivity contribution in [1.82, 2.24) is 0 Å². The van der Waals surface area contributed by atoms with Crippen molar-refractivity contribution >= 4 is 11.9 Å². The summed E-state index contributed by atoms with van der Waals surface area (Å²) in [5.41, 5.74) is 2.02. The smallest absolute Gasteiger partial charge is 0.339 e. The van der Waals surface area contributed by atoms with Gasteiger partial charge in [-0.25, -0.2) is 4.79 Å². The number of benzene rings is 1. The van der Waals surface area contributed by atoms with Gasteiger partial charge >= 0.3 is 11.9 Å². The maximum atomic E-state index is 11.4. The van der Waals surface area contributed by atoms with Crippen LogP contribution in [0.2, 0.25) is 0 Å². The molecule has 1 heterocycles. The van der Waals surface area contributed by atoms with Crippen LogP contribution in [0.3, 0.4) is 0 Å². The third-order valence-electron chi connectivity index (χ3n) is 2.36. The molecule has 0 saturated carbocycles. The number of hydrogen-bond acceptors (Lipinski definition) is 4. The molecule has 0 spiro atoms. The Labute approximate surface area is 86.8 Å². The van der Waals surface area contributed by atoms with E-state index in [1.165, 1.54) is 7.11 Å². The van der Waals surface area contributed by atoms with E-state index < -0.39 is 0 Å². The first-order valence-electron chi connectivity index (χ1n) is 4.57. The molecule has 78 valence electrons. The predicted molar refractivity (Wildman–Crippen MR) is 51.3 cm³/mol. The van der Waals surface area contributed by atoms with Crippen molar-refractivity contribution in [2.45, 2.75) is 13.0 Å². The van der Waals surface area contributed by atoms with E-state index in [-0.39, 0.29) is 18.4 Å². The fraction of sp³-hybridized carbons (Fsp3) is 0.273. The van der Waals surface area contributed by atoms with Gasteiger partial charge in [0, 0.05) is 5.56 Å². The first-order chi connectivity index (χ1) is 7.22. The van der Waals surface area contributed by atoms with Crippen molar-refractivity contribution in [3.8, 4) is 0 Å². The van der Waals surface area contributed by atoms with Crippen LogP contribution in [0.5, 0.6) is 0 Å². The number of esters is 2. The molecule has 0 amide bonds. The first kappa shape index (κ1) is 9.71. The number of rotatable bonds is 2. The zero-order chi connectivity index (χ0) is 10.8. The van der Waals surface area contributed by atoms with Gasteiger partial charge in [-0.05, 0) is 5.56 Å². The fourth-order valence-electron chi connectivity index (χ4n) is 1.63. The number of ether oxygens (including phenoxy) is 2. The highest BCUT2D eigenvalue weighted by Gasteiger charge is 2.25. The molecular formula is C11H10O4. The zero-order valence-electron chi connectivity index (χ0n) is 8.28. The topological polar surface area (TPSA) is 52.6 Å². The van der Waals surface area contributed by atoms with E-state index in [1.54, 1.807) is 12.1 Å². The molecule has 2 rings (SSSR count). The summed E-state index contributed by atoms with van der Waals surface area (Å²) < 4.78 is 9.45. The first-order valence-corrected chi connectivity index (χ1v) is 4.57. The summed E-state index contributed by atoms with van der Waals surface area (Å²) in [5.74, 6) is -0.715. The predicted octanol–water partition coefficient (Wildman–Crippen LogP) is 1.07. The maximum Gasteiger partial charge on any atom is 0.339 e. The lowest BCUT2D eigenvalue weighted by Gasteiger charge is -2.03. The van der Waals surface area contributed by atoms with Crippen LogP contribution in [0.25, 0.3) is 0 Å². The monoisotopic (exact) mass is 206 g/mol. The van der Waals surface area contributed by atoms with Gasteiger partial charge in [-0.2, -0.15) is 0 Å². The van der Waals surface area contributed by atoms with Gasteiger partial charge < -0.3 is 9.47 Å². The zero-order valence-corrected chi connectivity index (χ0v) is 8.28. The third-order valence-corrected chi connectivity index (χ3v) is 2.36. The summed E-state index contributed by atoms with van der Waals surface area (Å²) in [6, 6.07) is 5.36. The number of hydrogen-bond donors (Lipinski definition) is 0. The van der Waals surface area contributed by atoms with Crippen LogP contribution in [-0.4, -0.2) is 19.0 Å². The summed E-state index contributed by atoms with van der Waals surface area (Å²) in [5, 5.41) is 0. The molecule has 0 aliphatic carbocycles. The molecule has 0 N–H and O–H groups in total. The van der Waals surface area contributed by atoms with E-state index in [2.05, 4.69) is 4.74 Å². The highest BCUT2D eigenvalue weighted by atomic mass is 16.5. The van der Waals surface area contributed by atoms with Gasteiger partial charge in [0.15, 0.2) is 0 Å². The summed E-state index contributed by atoms with van der Waals surface area (Å²) in [6.45, 7) is 0.295. The van der Waals surface area contributed by atoms with Gasteiger partial charge in [0.1, 0.15) is 6.61 Å². The standard InChI is InChI=1S/C11H10O4/c1-14-9(12)5-7-3-2-4-8-6-15-11(13)10(7)8/h2-4H,5-6H2,1H3. The molecule has 1 aromatic rings. The Morgan fingerprint density at radius 3 is 3.07 bits per heavy atom. The van der Waals surface area contributed by atoms with E-state index in [0.717, 1.165) is 5.56 Å². The molecule has 15 heavy (non-hydrogen) atoms. The molecule has 4 heteroatoms. The summed E-state index contributed by atoms with van der Waals surface area (Å²) in [6.07, 6.45) is 0.106. The van der Waals surface area contributed by atoms with E-state index in [4.69, 9.17) is 4.74 Å². The van der Waals surface area contributed by atoms with Gasteiger partial charge in [0.25, 0.3) is 0 Å². The van der Waals surface area contributed by atoms with Crippen molar-refractivity contribution in [2.75, 3.05) is 7.11 Å². The largest absolute Gasteiger partial charge is 0.469 e. The maximum absolute atomic E-state index is 11.4.